The van der Waals surface area contributed by atoms with Crippen molar-refractivity contribution in [2.75, 3.05) is 13.2 Å². The number of pyridine rings is 1. The summed E-state index contributed by atoms with van der Waals surface area (Å²) in [5.74, 6) is -0.0350. The molecule has 5 nitrogen and oxygen atoms in total. The summed E-state index contributed by atoms with van der Waals surface area (Å²) in [4.78, 5) is 16.3. The number of hydrogen-bond acceptors (Lipinski definition) is 4. The van der Waals surface area contributed by atoms with Crippen molar-refractivity contribution >= 4 is 5.91 Å². The van der Waals surface area contributed by atoms with Gasteiger partial charge in [0.05, 0.1) is 24.9 Å². The molecule has 0 aromatic carbocycles. The molecule has 2 heterocycles. The minimum Gasteiger partial charge on any atom is -0.375 e. The van der Waals surface area contributed by atoms with Crippen LogP contribution in [0.25, 0.3) is 0 Å². The fourth-order valence-corrected chi connectivity index (χ4v) is 2.01. The van der Waals surface area contributed by atoms with Gasteiger partial charge in [0.1, 0.15) is 6.04 Å². The van der Waals surface area contributed by atoms with Gasteiger partial charge in [-0.1, -0.05) is 6.07 Å². The van der Waals surface area contributed by atoms with Gasteiger partial charge in [0.25, 0.3) is 0 Å². The Labute approximate surface area is 107 Å². The van der Waals surface area contributed by atoms with Gasteiger partial charge in [-0.25, -0.2) is 0 Å². The zero-order chi connectivity index (χ0) is 13.0. The molecule has 0 radical (unpaired) electrons. The van der Waals surface area contributed by atoms with Crippen molar-refractivity contribution in [2.24, 2.45) is 0 Å². The number of amides is 1. The number of carbonyl (C=O) groups is 1. The van der Waals surface area contributed by atoms with Crippen LogP contribution in [-0.4, -0.2) is 36.2 Å². The SMILES string of the molecule is Cc1cccnc1CNC(=O)[C@H]1NCCO[C@@H]1C. The average Bonchev–Trinajstić information content (AvgIpc) is 2.38. The largest absolute Gasteiger partial charge is 0.375 e. The molecule has 5 heteroatoms. The van der Waals surface area contributed by atoms with E-state index in [0.717, 1.165) is 11.3 Å². The predicted octanol–water partition coefficient (Wildman–Crippen LogP) is 0.383. The van der Waals surface area contributed by atoms with E-state index < -0.39 is 0 Å². The summed E-state index contributed by atoms with van der Waals surface area (Å²) >= 11 is 0. The molecule has 1 aliphatic rings. The molecule has 0 spiro atoms. The van der Waals surface area contributed by atoms with E-state index >= 15 is 0 Å². The zero-order valence-corrected chi connectivity index (χ0v) is 10.8. The van der Waals surface area contributed by atoms with E-state index in [1.165, 1.54) is 0 Å². The van der Waals surface area contributed by atoms with Crippen molar-refractivity contribution in [1.29, 1.82) is 0 Å². The zero-order valence-electron chi connectivity index (χ0n) is 10.8. The molecule has 1 aromatic rings. The van der Waals surface area contributed by atoms with Crippen molar-refractivity contribution < 1.29 is 9.53 Å². The van der Waals surface area contributed by atoms with Gasteiger partial charge in [-0.15, -0.1) is 0 Å². The first-order valence-electron chi connectivity index (χ1n) is 6.21. The van der Waals surface area contributed by atoms with Crippen LogP contribution in [0.15, 0.2) is 18.3 Å². The minimum atomic E-state index is -0.275. The summed E-state index contributed by atoms with van der Waals surface area (Å²) in [5.41, 5.74) is 1.98. The van der Waals surface area contributed by atoms with Gasteiger partial charge >= 0.3 is 0 Å². The molecule has 0 unspecified atom stereocenters. The van der Waals surface area contributed by atoms with Gasteiger partial charge in [0, 0.05) is 12.7 Å². The molecule has 2 rings (SSSR count). The molecular weight excluding hydrogens is 230 g/mol. The molecule has 1 aromatic heterocycles. The Morgan fingerprint density at radius 1 is 1.67 bits per heavy atom. The maximum Gasteiger partial charge on any atom is 0.240 e. The second-order valence-corrected chi connectivity index (χ2v) is 4.49. The van der Waals surface area contributed by atoms with E-state index in [-0.39, 0.29) is 18.1 Å². The van der Waals surface area contributed by atoms with Crippen molar-refractivity contribution in [3.05, 3.63) is 29.6 Å². The van der Waals surface area contributed by atoms with Crippen LogP contribution in [0.4, 0.5) is 0 Å². The fourth-order valence-electron chi connectivity index (χ4n) is 2.01. The van der Waals surface area contributed by atoms with Gasteiger partial charge in [-0.2, -0.15) is 0 Å². The molecule has 1 amide bonds. The van der Waals surface area contributed by atoms with E-state index in [0.29, 0.717) is 19.7 Å². The number of nitrogens with one attached hydrogen (secondary N) is 2. The molecule has 2 N–H and O–H groups in total. The summed E-state index contributed by atoms with van der Waals surface area (Å²) in [6.07, 6.45) is 1.64. The van der Waals surface area contributed by atoms with E-state index in [1.54, 1.807) is 6.20 Å². The predicted molar refractivity (Wildman–Crippen MR) is 68.0 cm³/mol. The van der Waals surface area contributed by atoms with Crippen LogP contribution in [0, 0.1) is 6.92 Å². The van der Waals surface area contributed by atoms with Crippen LogP contribution in [0.1, 0.15) is 18.2 Å². The lowest BCUT2D eigenvalue weighted by Gasteiger charge is -2.29. The van der Waals surface area contributed by atoms with Crippen LogP contribution in [0.3, 0.4) is 0 Å². The Balaban J connectivity index is 1.90. The highest BCUT2D eigenvalue weighted by Gasteiger charge is 2.27. The molecule has 18 heavy (non-hydrogen) atoms. The second-order valence-electron chi connectivity index (χ2n) is 4.49. The summed E-state index contributed by atoms with van der Waals surface area (Å²) in [7, 11) is 0. The number of morpholine rings is 1. The van der Waals surface area contributed by atoms with E-state index in [1.807, 2.05) is 26.0 Å². The number of carbonyl (C=O) groups excluding carboxylic acids is 1. The fraction of sp³-hybridized carbons (Fsp3) is 0.538. The monoisotopic (exact) mass is 249 g/mol. The summed E-state index contributed by atoms with van der Waals surface area (Å²) in [6.45, 7) is 5.72. The van der Waals surface area contributed by atoms with Crippen LogP contribution < -0.4 is 10.6 Å². The van der Waals surface area contributed by atoms with Crippen molar-refractivity contribution in [3.8, 4) is 0 Å². The Bertz CT molecular complexity index is 422. The number of aromatic nitrogens is 1. The van der Waals surface area contributed by atoms with Crippen molar-refractivity contribution in [1.82, 2.24) is 15.6 Å². The summed E-state index contributed by atoms with van der Waals surface area (Å²) in [6, 6.07) is 3.60. The second kappa shape index (κ2) is 5.93. The topological polar surface area (TPSA) is 63.2 Å². The molecule has 2 atom stereocenters. The lowest BCUT2D eigenvalue weighted by Crippen LogP contribution is -2.55. The van der Waals surface area contributed by atoms with Gasteiger partial charge in [-0.3, -0.25) is 9.78 Å². The normalized spacial score (nSPS) is 23.7. The number of rotatable bonds is 3. The Kier molecular flexibility index (Phi) is 4.28. The molecular formula is C13H19N3O2. The van der Waals surface area contributed by atoms with Gasteiger partial charge in [0.15, 0.2) is 0 Å². The highest BCUT2D eigenvalue weighted by Crippen LogP contribution is 2.06. The standard InChI is InChI=1S/C13H19N3O2/c1-9-4-3-5-14-11(9)8-16-13(17)12-10(2)18-7-6-15-12/h3-5,10,12,15H,6-8H2,1-2H3,(H,16,17)/t10-,12+/m1/s1. The third-order valence-electron chi connectivity index (χ3n) is 3.15. The third-order valence-corrected chi connectivity index (χ3v) is 3.15. The summed E-state index contributed by atoms with van der Waals surface area (Å²) < 4.78 is 5.45. The maximum absolute atomic E-state index is 12.0. The molecule has 98 valence electrons. The van der Waals surface area contributed by atoms with E-state index in [2.05, 4.69) is 15.6 Å². The van der Waals surface area contributed by atoms with Crippen molar-refractivity contribution in [3.63, 3.8) is 0 Å². The molecule has 1 fully saturated rings. The minimum absolute atomic E-state index is 0.0350. The van der Waals surface area contributed by atoms with Gasteiger partial charge in [-0.05, 0) is 25.5 Å². The smallest absolute Gasteiger partial charge is 0.240 e. The first kappa shape index (κ1) is 13.0. The highest BCUT2D eigenvalue weighted by atomic mass is 16.5. The number of hydrogen-bond donors (Lipinski definition) is 2. The number of ether oxygens (including phenoxy) is 1. The molecule has 0 bridgehead atoms. The van der Waals surface area contributed by atoms with Crippen LogP contribution in [0.2, 0.25) is 0 Å². The lowest BCUT2D eigenvalue weighted by atomic mass is 10.1. The van der Waals surface area contributed by atoms with E-state index in [9.17, 15) is 4.79 Å². The molecule has 1 saturated heterocycles. The van der Waals surface area contributed by atoms with Gasteiger partial charge < -0.3 is 15.4 Å². The highest BCUT2D eigenvalue weighted by molar-refractivity contribution is 5.82. The third kappa shape index (κ3) is 3.05. The van der Waals surface area contributed by atoms with Crippen LogP contribution in [0.5, 0.6) is 0 Å². The Hall–Kier alpha value is -1.46. The lowest BCUT2D eigenvalue weighted by molar-refractivity contribution is -0.129. The number of nitrogens with zero attached hydrogens (tertiary/aromatic N) is 1. The maximum atomic E-state index is 12.0. The van der Waals surface area contributed by atoms with E-state index in [4.69, 9.17) is 4.74 Å². The van der Waals surface area contributed by atoms with Crippen molar-refractivity contribution in [2.45, 2.75) is 32.5 Å². The molecule has 1 aliphatic heterocycles. The quantitative estimate of drug-likeness (QED) is 0.813. The average molecular weight is 249 g/mol. The Morgan fingerprint density at radius 3 is 3.22 bits per heavy atom. The van der Waals surface area contributed by atoms with Crippen LogP contribution >= 0.6 is 0 Å². The first-order valence-corrected chi connectivity index (χ1v) is 6.21. The first-order chi connectivity index (χ1) is 8.68. The van der Waals surface area contributed by atoms with Gasteiger partial charge in [0.2, 0.25) is 5.91 Å². The summed E-state index contributed by atoms with van der Waals surface area (Å²) in [5, 5.41) is 6.06. The Morgan fingerprint density at radius 2 is 2.50 bits per heavy atom. The molecule has 0 saturated carbocycles. The molecule has 0 aliphatic carbocycles. The number of aryl methyl sites for hydroxylation is 1. The van der Waals surface area contributed by atoms with Crippen LogP contribution in [-0.2, 0) is 16.1 Å².